The second kappa shape index (κ2) is 2.48. The zero-order valence-electron chi connectivity index (χ0n) is 8.22. The Balaban J connectivity index is 1.83. The summed E-state index contributed by atoms with van der Waals surface area (Å²) in [5, 5.41) is 4.41. The van der Waals surface area contributed by atoms with E-state index in [0.717, 1.165) is 5.92 Å². The quantitative estimate of drug-likeness (QED) is 0.504. The van der Waals surface area contributed by atoms with Gasteiger partial charge in [0, 0.05) is 17.7 Å². The van der Waals surface area contributed by atoms with E-state index in [1.54, 1.807) is 0 Å². The predicted molar refractivity (Wildman–Crippen MR) is 51.2 cm³/mol. The first-order valence-electron chi connectivity index (χ1n) is 4.89. The highest BCUT2D eigenvalue weighted by molar-refractivity contribution is 5.87. The Hall–Kier alpha value is -0.530. The monoisotopic (exact) mass is 166 g/mol. The lowest BCUT2D eigenvalue weighted by Crippen LogP contribution is -2.13. The number of nitrogens with one attached hydrogen (secondary N) is 1. The van der Waals surface area contributed by atoms with Gasteiger partial charge in [0.15, 0.2) is 0 Å². The molecule has 2 fully saturated rings. The molecular weight excluding hydrogens is 148 g/mol. The Morgan fingerprint density at radius 1 is 1.42 bits per heavy atom. The topological polar surface area (TPSA) is 24.4 Å². The Kier molecular flexibility index (Phi) is 1.67. The van der Waals surface area contributed by atoms with Crippen molar-refractivity contribution in [1.29, 1.82) is 0 Å². The van der Waals surface area contributed by atoms with Gasteiger partial charge in [-0.3, -0.25) is 0 Å². The van der Waals surface area contributed by atoms with Crippen LogP contribution in [0.2, 0.25) is 0 Å². The van der Waals surface area contributed by atoms with Gasteiger partial charge in [0.05, 0.1) is 0 Å². The van der Waals surface area contributed by atoms with E-state index in [0.29, 0.717) is 11.5 Å². The largest absolute Gasteiger partial charge is 0.307 e. The van der Waals surface area contributed by atoms with Crippen LogP contribution >= 0.6 is 0 Å². The van der Waals surface area contributed by atoms with Crippen molar-refractivity contribution in [2.24, 2.45) is 16.4 Å². The number of hydrogen-bond donors (Lipinski definition) is 1. The van der Waals surface area contributed by atoms with Crippen LogP contribution in [0.3, 0.4) is 0 Å². The Labute approximate surface area is 74.4 Å². The molecule has 2 rings (SSSR count). The number of nitrogens with zero attached hydrogens (tertiary/aromatic N) is 1. The third-order valence-electron chi connectivity index (χ3n) is 3.02. The van der Waals surface area contributed by atoms with Crippen LogP contribution in [0, 0.1) is 11.3 Å². The molecule has 1 N–H and O–H groups in total. The fourth-order valence-electron chi connectivity index (χ4n) is 1.66. The van der Waals surface area contributed by atoms with Gasteiger partial charge in [-0.2, -0.15) is 5.10 Å². The minimum Gasteiger partial charge on any atom is -0.307 e. The van der Waals surface area contributed by atoms with Crippen molar-refractivity contribution >= 4 is 5.71 Å². The molecule has 0 heterocycles. The Morgan fingerprint density at radius 2 is 2.00 bits per heavy atom. The molecule has 0 aliphatic heterocycles. The van der Waals surface area contributed by atoms with E-state index in [4.69, 9.17) is 0 Å². The van der Waals surface area contributed by atoms with Crippen LogP contribution in [-0.4, -0.2) is 11.8 Å². The van der Waals surface area contributed by atoms with E-state index in [9.17, 15) is 0 Å². The molecule has 68 valence electrons. The molecule has 2 heteroatoms. The van der Waals surface area contributed by atoms with E-state index < -0.39 is 0 Å². The maximum absolute atomic E-state index is 4.41. The van der Waals surface area contributed by atoms with Crippen LogP contribution in [0.15, 0.2) is 5.10 Å². The molecule has 0 aromatic carbocycles. The molecular formula is C10H18N2. The highest BCUT2D eigenvalue weighted by Gasteiger charge is 2.47. The summed E-state index contributed by atoms with van der Waals surface area (Å²) in [5.74, 6) is 0.740. The molecule has 0 amide bonds. The Bertz CT molecular complexity index is 214. The smallest absolute Gasteiger partial charge is 0.0441 e. The zero-order valence-corrected chi connectivity index (χ0v) is 8.22. The van der Waals surface area contributed by atoms with Crippen LogP contribution in [0.25, 0.3) is 0 Å². The summed E-state index contributed by atoms with van der Waals surface area (Å²) in [7, 11) is 0. The minimum absolute atomic E-state index is 0.527. The van der Waals surface area contributed by atoms with Gasteiger partial charge in [-0.25, -0.2) is 0 Å². The van der Waals surface area contributed by atoms with E-state index in [1.807, 2.05) is 0 Å². The number of hydrazone groups is 1. The molecule has 2 nitrogen and oxygen atoms in total. The standard InChI is InChI=1S/C10H18N2/c1-7(9-6-10(9,2)3)11-12-8-4-5-8/h8-9,12H,4-6H2,1-3H3/b11-7+. The fraction of sp³-hybridized carbons (Fsp3) is 0.900. The SMILES string of the molecule is C/C(=N\NC1CC1)C1CC1(C)C. The van der Waals surface area contributed by atoms with Crippen LogP contribution in [0.5, 0.6) is 0 Å². The third kappa shape index (κ3) is 1.62. The lowest BCUT2D eigenvalue weighted by molar-refractivity contribution is 0.616. The molecule has 2 saturated carbocycles. The normalized spacial score (nSPS) is 33.2. The molecule has 0 spiro atoms. The minimum atomic E-state index is 0.527. The highest BCUT2D eigenvalue weighted by atomic mass is 15.3. The fourth-order valence-corrected chi connectivity index (χ4v) is 1.66. The van der Waals surface area contributed by atoms with Gasteiger partial charge < -0.3 is 5.43 Å². The summed E-state index contributed by atoms with van der Waals surface area (Å²) in [5.41, 5.74) is 5.03. The van der Waals surface area contributed by atoms with Crippen molar-refractivity contribution in [2.75, 3.05) is 0 Å². The average molecular weight is 166 g/mol. The third-order valence-corrected chi connectivity index (χ3v) is 3.02. The van der Waals surface area contributed by atoms with Crippen LogP contribution in [0.1, 0.15) is 40.0 Å². The van der Waals surface area contributed by atoms with Gasteiger partial charge >= 0.3 is 0 Å². The summed E-state index contributed by atoms with van der Waals surface area (Å²) in [6.07, 6.45) is 3.93. The lowest BCUT2D eigenvalue weighted by atomic mass is 10.1. The summed E-state index contributed by atoms with van der Waals surface area (Å²) in [4.78, 5) is 0. The van der Waals surface area contributed by atoms with Gasteiger partial charge in [0.1, 0.15) is 0 Å². The highest BCUT2D eigenvalue weighted by Crippen LogP contribution is 2.52. The molecule has 0 bridgehead atoms. The van der Waals surface area contributed by atoms with Crippen LogP contribution in [0.4, 0.5) is 0 Å². The van der Waals surface area contributed by atoms with E-state index in [-0.39, 0.29) is 0 Å². The van der Waals surface area contributed by atoms with Gasteiger partial charge in [-0.1, -0.05) is 13.8 Å². The van der Waals surface area contributed by atoms with Crippen LogP contribution < -0.4 is 5.43 Å². The van der Waals surface area contributed by atoms with Gasteiger partial charge in [-0.15, -0.1) is 0 Å². The summed E-state index contributed by atoms with van der Waals surface area (Å²) in [6, 6.07) is 0.696. The maximum Gasteiger partial charge on any atom is 0.0441 e. The van der Waals surface area contributed by atoms with Crippen molar-refractivity contribution in [3.63, 3.8) is 0 Å². The predicted octanol–water partition coefficient (Wildman–Crippen LogP) is 2.16. The summed E-state index contributed by atoms with van der Waals surface area (Å²) in [6.45, 7) is 6.77. The van der Waals surface area contributed by atoms with Gasteiger partial charge in [0.25, 0.3) is 0 Å². The lowest BCUT2D eigenvalue weighted by Gasteiger charge is -2.03. The molecule has 2 aliphatic rings. The van der Waals surface area contributed by atoms with E-state index in [1.165, 1.54) is 25.0 Å². The zero-order chi connectivity index (χ0) is 8.77. The molecule has 0 aromatic rings. The second-order valence-electron chi connectivity index (χ2n) is 4.90. The van der Waals surface area contributed by atoms with Crippen molar-refractivity contribution in [1.82, 2.24) is 5.43 Å². The molecule has 0 saturated heterocycles. The molecule has 1 atom stereocenters. The molecule has 2 aliphatic carbocycles. The average Bonchev–Trinajstić information content (AvgIpc) is 2.83. The maximum atomic E-state index is 4.41. The van der Waals surface area contributed by atoms with Gasteiger partial charge in [0.2, 0.25) is 0 Å². The van der Waals surface area contributed by atoms with E-state index >= 15 is 0 Å². The molecule has 12 heavy (non-hydrogen) atoms. The molecule has 0 aromatic heterocycles. The van der Waals surface area contributed by atoms with Crippen molar-refractivity contribution in [3.8, 4) is 0 Å². The van der Waals surface area contributed by atoms with Crippen LogP contribution in [-0.2, 0) is 0 Å². The van der Waals surface area contributed by atoms with Gasteiger partial charge in [-0.05, 0) is 31.6 Å². The first-order chi connectivity index (χ1) is 5.59. The first kappa shape index (κ1) is 8.09. The number of hydrogen-bond acceptors (Lipinski definition) is 2. The second-order valence-corrected chi connectivity index (χ2v) is 4.90. The Morgan fingerprint density at radius 3 is 2.42 bits per heavy atom. The van der Waals surface area contributed by atoms with E-state index in [2.05, 4.69) is 31.3 Å². The van der Waals surface area contributed by atoms with Crippen molar-refractivity contribution in [3.05, 3.63) is 0 Å². The molecule has 0 radical (unpaired) electrons. The van der Waals surface area contributed by atoms with Crippen molar-refractivity contribution < 1.29 is 0 Å². The van der Waals surface area contributed by atoms with Crippen molar-refractivity contribution in [2.45, 2.75) is 46.1 Å². The molecule has 1 unspecified atom stereocenters. The first-order valence-corrected chi connectivity index (χ1v) is 4.89. The summed E-state index contributed by atoms with van der Waals surface area (Å²) >= 11 is 0. The summed E-state index contributed by atoms with van der Waals surface area (Å²) < 4.78 is 0. The number of rotatable bonds is 3.